The Labute approximate surface area is 174 Å². The quantitative estimate of drug-likeness (QED) is 0.590. The Bertz CT molecular complexity index is 829. The number of rotatable bonds is 4. The highest BCUT2D eigenvalue weighted by Gasteiger charge is 2.39. The summed E-state index contributed by atoms with van der Waals surface area (Å²) in [5.41, 5.74) is 0.769. The first-order valence-electron chi connectivity index (χ1n) is 9.28. The molecule has 10 nitrogen and oxygen atoms in total. The molecule has 12 heteroatoms. The molecule has 0 saturated carbocycles. The van der Waals surface area contributed by atoms with Crippen molar-refractivity contribution in [2.45, 2.75) is 19.0 Å². The lowest BCUT2D eigenvalue weighted by Gasteiger charge is -2.25. The SMILES string of the molecule is [B][C@@H]1COC(=O)N1C(=O)[C@H](C)[C@@H](O)c1ccc(B2OC(=O)CN(C)CC(=O)O2)cc1. The van der Waals surface area contributed by atoms with Crippen LogP contribution in [0.1, 0.15) is 18.6 Å². The van der Waals surface area contributed by atoms with E-state index >= 15 is 0 Å². The number of carbonyl (C=O) groups excluding carboxylic acids is 4. The van der Waals surface area contributed by atoms with Gasteiger partial charge in [0, 0.05) is 11.4 Å². The second-order valence-corrected chi connectivity index (χ2v) is 7.24. The minimum atomic E-state index is -1.23. The molecule has 0 aliphatic carbocycles. The smallest absolute Gasteiger partial charge is 0.494 e. The zero-order valence-corrected chi connectivity index (χ0v) is 16.5. The fourth-order valence-corrected chi connectivity index (χ4v) is 3.15. The van der Waals surface area contributed by atoms with Crippen LogP contribution >= 0.6 is 0 Å². The number of carbonyl (C=O) groups is 4. The lowest BCUT2D eigenvalue weighted by atomic mass is 9.77. The molecule has 2 heterocycles. The van der Waals surface area contributed by atoms with Gasteiger partial charge in [0.05, 0.1) is 25.1 Å². The molecule has 0 unspecified atom stereocenters. The zero-order valence-electron chi connectivity index (χ0n) is 16.5. The molecule has 1 N–H and O–H groups in total. The first-order chi connectivity index (χ1) is 14.2. The standard InChI is InChI=1S/C18H20B2N2O8/c1-10(17(26)22-13(19)9-28-18(22)27)16(25)11-3-5-12(6-4-11)20-29-14(23)7-21(2)8-15(24)30-20/h3-6,10,13,16,25H,7-9H2,1-2H3/t10-,13+,16-/m1/s1. The topological polar surface area (TPSA) is 123 Å². The van der Waals surface area contributed by atoms with Gasteiger partial charge in [-0.3, -0.25) is 19.3 Å². The third-order valence-corrected chi connectivity index (χ3v) is 4.83. The van der Waals surface area contributed by atoms with E-state index in [-0.39, 0.29) is 19.7 Å². The van der Waals surface area contributed by atoms with Crippen LogP contribution in [0.5, 0.6) is 0 Å². The molecule has 2 amide bonds. The molecule has 2 radical (unpaired) electrons. The van der Waals surface area contributed by atoms with Crippen molar-refractivity contribution in [2.24, 2.45) is 5.92 Å². The summed E-state index contributed by atoms with van der Waals surface area (Å²) in [5, 5.41) is 10.6. The fourth-order valence-electron chi connectivity index (χ4n) is 3.15. The number of ether oxygens (including phenoxy) is 1. The van der Waals surface area contributed by atoms with Crippen LogP contribution in [0.25, 0.3) is 0 Å². The summed E-state index contributed by atoms with van der Waals surface area (Å²) in [4.78, 5) is 50.2. The molecule has 30 heavy (non-hydrogen) atoms. The molecule has 2 aliphatic heterocycles. The summed E-state index contributed by atoms with van der Waals surface area (Å²) in [7, 11) is 6.08. The predicted molar refractivity (Wildman–Crippen MR) is 103 cm³/mol. The first-order valence-corrected chi connectivity index (χ1v) is 9.28. The van der Waals surface area contributed by atoms with Gasteiger partial charge in [-0.05, 0) is 12.6 Å². The molecule has 2 saturated heterocycles. The van der Waals surface area contributed by atoms with Crippen molar-refractivity contribution in [2.75, 3.05) is 26.7 Å². The van der Waals surface area contributed by atoms with Crippen molar-refractivity contribution >= 4 is 44.4 Å². The Morgan fingerprint density at radius 1 is 1.17 bits per heavy atom. The van der Waals surface area contributed by atoms with Crippen molar-refractivity contribution in [3.8, 4) is 0 Å². The molecule has 0 bridgehead atoms. The fraction of sp³-hybridized carbons (Fsp3) is 0.444. The minimum Gasteiger partial charge on any atom is -0.494 e. The Morgan fingerprint density at radius 3 is 2.23 bits per heavy atom. The molecule has 0 aromatic heterocycles. The minimum absolute atomic E-state index is 0.0525. The molecular formula is C18H20B2N2O8. The molecule has 3 rings (SSSR count). The summed E-state index contributed by atoms with van der Waals surface area (Å²) in [6, 6.07) is 6.06. The largest absolute Gasteiger partial charge is 0.636 e. The highest BCUT2D eigenvalue weighted by molar-refractivity contribution is 6.64. The number of benzene rings is 1. The van der Waals surface area contributed by atoms with Crippen LogP contribution in [0.2, 0.25) is 0 Å². The van der Waals surface area contributed by atoms with E-state index in [0.29, 0.717) is 11.0 Å². The summed E-state index contributed by atoms with van der Waals surface area (Å²) in [6.07, 6.45) is -2.08. The van der Waals surface area contributed by atoms with Crippen LogP contribution in [-0.4, -0.2) is 86.5 Å². The van der Waals surface area contributed by atoms with Crippen LogP contribution in [0.15, 0.2) is 24.3 Å². The number of aliphatic hydroxyl groups excluding tert-OH is 1. The Morgan fingerprint density at radius 2 is 1.73 bits per heavy atom. The summed E-state index contributed by atoms with van der Waals surface area (Å²) >= 11 is 0. The van der Waals surface area contributed by atoms with Crippen LogP contribution < -0.4 is 5.46 Å². The first kappa shape index (κ1) is 21.8. The maximum Gasteiger partial charge on any atom is 0.636 e. The average Bonchev–Trinajstić information content (AvgIpc) is 3.02. The van der Waals surface area contributed by atoms with Gasteiger partial charge < -0.3 is 19.2 Å². The normalized spacial score (nSPS) is 22.5. The van der Waals surface area contributed by atoms with E-state index in [1.807, 2.05) is 0 Å². The highest BCUT2D eigenvalue weighted by Crippen LogP contribution is 2.25. The summed E-state index contributed by atoms with van der Waals surface area (Å²) < 4.78 is 15.1. The van der Waals surface area contributed by atoms with Crippen LogP contribution in [0.3, 0.4) is 0 Å². The van der Waals surface area contributed by atoms with Gasteiger partial charge >= 0.3 is 25.2 Å². The number of cyclic esters (lactones) is 1. The van der Waals surface area contributed by atoms with Crippen LogP contribution in [-0.2, 0) is 28.4 Å². The van der Waals surface area contributed by atoms with E-state index in [1.165, 1.54) is 36.1 Å². The van der Waals surface area contributed by atoms with Crippen molar-refractivity contribution in [1.29, 1.82) is 0 Å². The maximum atomic E-state index is 12.5. The monoisotopic (exact) mass is 414 g/mol. The predicted octanol–water partition coefficient (Wildman–Crippen LogP) is -1.44. The van der Waals surface area contributed by atoms with E-state index < -0.39 is 49.0 Å². The summed E-state index contributed by atoms with van der Waals surface area (Å²) in [5.74, 6) is -3.63. The molecule has 0 spiro atoms. The number of imide groups is 1. The van der Waals surface area contributed by atoms with Crippen molar-refractivity contribution in [1.82, 2.24) is 9.80 Å². The molecule has 2 fully saturated rings. The van der Waals surface area contributed by atoms with E-state index in [2.05, 4.69) is 0 Å². The average molecular weight is 414 g/mol. The Hall–Kier alpha value is -2.85. The number of hydrogen-bond acceptors (Lipinski definition) is 9. The Kier molecular flexibility index (Phi) is 6.47. The lowest BCUT2D eigenvalue weighted by Crippen LogP contribution is -2.47. The lowest BCUT2D eigenvalue weighted by molar-refractivity contribution is -0.145. The van der Waals surface area contributed by atoms with Gasteiger partial charge in [0.1, 0.15) is 14.5 Å². The third-order valence-electron chi connectivity index (χ3n) is 4.83. The highest BCUT2D eigenvalue weighted by atomic mass is 16.6. The van der Waals surface area contributed by atoms with Gasteiger partial charge in [-0.25, -0.2) is 9.69 Å². The van der Waals surface area contributed by atoms with Crippen LogP contribution in [0, 0.1) is 5.92 Å². The third kappa shape index (κ3) is 4.65. The number of aliphatic hydroxyl groups is 1. The molecule has 1 aromatic carbocycles. The molecule has 1 aromatic rings. The molecule has 156 valence electrons. The van der Waals surface area contributed by atoms with Gasteiger partial charge in [-0.15, -0.1) is 0 Å². The van der Waals surface area contributed by atoms with Crippen molar-refractivity contribution in [3.63, 3.8) is 0 Å². The molecule has 3 atom stereocenters. The van der Waals surface area contributed by atoms with Crippen molar-refractivity contribution < 1.29 is 38.3 Å². The maximum absolute atomic E-state index is 12.5. The van der Waals surface area contributed by atoms with Gasteiger partial charge in [0.2, 0.25) is 5.91 Å². The van der Waals surface area contributed by atoms with E-state index in [0.717, 1.165) is 4.90 Å². The second kappa shape index (κ2) is 8.88. The molecular weight excluding hydrogens is 394 g/mol. The van der Waals surface area contributed by atoms with Crippen LogP contribution in [0.4, 0.5) is 4.79 Å². The molecule has 2 aliphatic rings. The van der Waals surface area contributed by atoms with Gasteiger partial charge in [0.25, 0.3) is 0 Å². The van der Waals surface area contributed by atoms with Gasteiger partial charge in [-0.1, -0.05) is 31.2 Å². The van der Waals surface area contributed by atoms with E-state index in [1.54, 1.807) is 7.05 Å². The van der Waals surface area contributed by atoms with Gasteiger partial charge in [0.15, 0.2) is 0 Å². The van der Waals surface area contributed by atoms with E-state index in [4.69, 9.17) is 21.9 Å². The summed E-state index contributed by atoms with van der Waals surface area (Å²) in [6.45, 7) is 1.26. The second-order valence-electron chi connectivity index (χ2n) is 7.24. The zero-order chi connectivity index (χ0) is 22.0. The van der Waals surface area contributed by atoms with Crippen molar-refractivity contribution in [3.05, 3.63) is 29.8 Å². The van der Waals surface area contributed by atoms with E-state index in [9.17, 15) is 24.3 Å². The number of hydrogen-bond donors (Lipinski definition) is 1. The number of amides is 2. The number of likely N-dealkylation sites (N-methyl/N-ethyl adjacent to an activating group) is 1. The van der Waals surface area contributed by atoms with Gasteiger partial charge in [-0.2, -0.15) is 0 Å². The Balaban J connectivity index is 1.71. The number of nitrogens with zero attached hydrogens (tertiary/aromatic N) is 2.